The Labute approximate surface area is 142 Å². The SMILES string of the molecule is CCc1cc(C)c(-n2nc(C(F)(F)F)nc2N(C)C)cc1S(=O)(=O)F. The standard InChI is InChI=1S/C14H16F4N4O2S/c1-5-9-6-8(2)10(7-11(9)25(18,23)24)22-13(21(3)4)19-12(20-22)14(15,16)17/h6-7H,5H2,1-4H3. The number of rotatable bonds is 4. The van der Waals surface area contributed by atoms with E-state index < -0.39 is 27.1 Å². The molecule has 0 saturated carbocycles. The average Bonchev–Trinajstić information content (AvgIpc) is 2.90. The lowest BCUT2D eigenvalue weighted by molar-refractivity contribution is -0.144. The molecule has 0 aliphatic rings. The lowest BCUT2D eigenvalue weighted by atomic mass is 10.1. The Kier molecular flexibility index (Phi) is 4.81. The largest absolute Gasteiger partial charge is 0.453 e. The van der Waals surface area contributed by atoms with Crippen LogP contribution >= 0.6 is 0 Å². The monoisotopic (exact) mass is 380 g/mol. The van der Waals surface area contributed by atoms with Gasteiger partial charge in [0, 0.05) is 14.1 Å². The molecular formula is C14H16F4N4O2S. The predicted molar refractivity (Wildman–Crippen MR) is 83.1 cm³/mol. The molecule has 0 N–H and O–H groups in total. The van der Waals surface area contributed by atoms with Crippen molar-refractivity contribution < 1.29 is 25.5 Å². The van der Waals surface area contributed by atoms with Crippen molar-refractivity contribution in [2.45, 2.75) is 31.3 Å². The molecule has 11 heteroatoms. The molecule has 2 rings (SSSR count). The quantitative estimate of drug-likeness (QED) is 0.603. The summed E-state index contributed by atoms with van der Waals surface area (Å²) in [4.78, 5) is 4.14. The highest BCUT2D eigenvalue weighted by atomic mass is 32.3. The van der Waals surface area contributed by atoms with Crippen molar-refractivity contribution in [3.63, 3.8) is 0 Å². The lowest BCUT2D eigenvalue weighted by Crippen LogP contribution is -2.16. The van der Waals surface area contributed by atoms with Crippen molar-refractivity contribution in [3.05, 3.63) is 29.1 Å². The summed E-state index contributed by atoms with van der Waals surface area (Å²) in [5.41, 5.74) is 0.664. The first kappa shape index (κ1) is 19.2. The van der Waals surface area contributed by atoms with Gasteiger partial charge >= 0.3 is 16.4 Å². The van der Waals surface area contributed by atoms with Crippen LogP contribution in [0.3, 0.4) is 0 Å². The molecule has 6 nitrogen and oxygen atoms in total. The Bertz CT molecular complexity index is 904. The van der Waals surface area contributed by atoms with Crippen LogP contribution in [0.15, 0.2) is 17.0 Å². The first-order valence-corrected chi connectivity index (χ1v) is 8.54. The van der Waals surface area contributed by atoms with Gasteiger partial charge in [-0.25, -0.2) is 0 Å². The van der Waals surface area contributed by atoms with Gasteiger partial charge in [-0.05, 0) is 30.5 Å². The minimum absolute atomic E-state index is 0.000116. The van der Waals surface area contributed by atoms with Crippen LogP contribution in [0.1, 0.15) is 23.9 Å². The van der Waals surface area contributed by atoms with E-state index in [2.05, 4.69) is 10.1 Å². The second-order valence-corrected chi connectivity index (χ2v) is 6.89. The average molecular weight is 380 g/mol. The van der Waals surface area contributed by atoms with Crippen LogP contribution in [0.5, 0.6) is 0 Å². The van der Waals surface area contributed by atoms with Crippen molar-refractivity contribution in [1.82, 2.24) is 14.8 Å². The van der Waals surface area contributed by atoms with Gasteiger partial charge in [-0.3, -0.25) is 0 Å². The van der Waals surface area contributed by atoms with Crippen molar-refractivity contribution >= 4 is 16.2 Å². The molecule has 0 saturated heterocycles. The van der Waals surface area contributed by atoms with Gasteiger partial charge in [0.15, 0.2) is 0 Å². The molecule has 1 aromatic heterocycles. The Balaban J connectivity index is 2.80. The summed E-state index contributed by atoms with van der Waals surface area (Å²) in [5.74, 6) is -1.54. The van der Waals surface area contributed by atoms with Gasteiger partial charge in [0.1, 0.15) is 4.90 Å². The van der Waals surface area contributed by atoms with E-state index in [-0.39, 0.29) is 23.6 Å². The second kappa shape index (κ2) is 6.28. The van der Waals surface area contributed by atoms with E-state index in [0.717, 1.165) is 10.7 Å². The fourth-order valence-corrected chi connectivity index (χ4v) is 3.11. The van der Waals surface area contributed by atoms with Crippen LogP contribution in [0.2, 0.25) is 0 Å². The molecule has 0 aliphatic carbocycles. The minimum Gasteiger partial charge on any atom is -0.347 e. The van der Waals surface area contributed by atoms with Gasteiger partial charge in [0.25, 0.3) is 5.82 Å². The Morgan fingerprint density at radius 3 is 2.28 bits per heavy atom. The van der Waals surface area contributed by atoms with Gasteiger partial charge in [-0.2, -0.15) is 31.3 Å². The molecule has 0 unspecified atom stereocenters. The van der Waals surface area contributed by atoms with E-state index in [9.17, 15) is 25.5 Å². The molecule has 0 bridgehead atoms. The zero-order valence-electron chi connectivity index (χ0n) is 13.9. The van der Waals surface area contributed by atoms with E-state index in [1.54, 1.807) is 13.8 Å². The maximum atomic E-state index is 13.6. The van der Waals surface area contributed by atoms with Gasteiger partial charge in [0.05, 0.1) is 5.69 Å². The molecule has 1 aromatic carbocycles. The van der Waals surface area contributed by atoms with Gasteiger partial charge in [-0.1, -0.05) is 13.0 Å². The molecule has 0 fully saturated rings. The minimum atomic E-state index is -5.04. The third-order valence-electron chi connectivity index (χ3n) is 3.49. The summed E-state index contributed by atoms with van der Waals surface area (Å²) in [6.45, 7) is 3.21. The van der Waals surface area contributed by atoms with Crippen LogP contribution in [0, 0.1) is 6.92 Å². The van der Waals surface area contributed by atoms with Crippen LogP contribution < -0.4 is 4.90 Å². The van der Waals surface area contributed by atoms with Gasteiger partial charge < -0.3 is 4.90 Å². The number of aryl methyl sites for hydroxylation is 2. The Hall–Kier alpha value is -2.17. The lowest BCUT2D eigenvalue weighted by Gasteiger charge is -2.16. The number of benzene rings is 1. The maximum absolute atomic E-state index is 13.6. The van der Waals surface area contributed by atoms with Crippen LogP contribution in [0.4, 0.5) is 23.0 Å². The number of halogens is 4. The number of anilines is 1. The van der Waals surface area contributed by atoms with Crippen LogP contribution in [0.25, 0.3) is 5.69 Å². The predicted octanol–water partition coefficient (Wildman–Crippen LogP) is 2.88. The summed E-state index contributed by atoms with van der Waals surface area (Å²) >= 11 is 0. The van der Waals surface area contributed by atoms with Crippen molar-refractivity contribution in [2.24, 2.45) is 0 Å². The normalized spacial score (nSPS) is 12.5. The zero-order valence-corrected chi connectivity index (χ0v) is 14.7. The molecular weight excluding hydrogens is 364 g/mol. The Morgan fingerprint density at radius 1 is 1.24 bits per heavy atom. The summed E-state index contributed by atoms with van der Waals surface area (Å²) in [6, 6.07) is 2.39. The first-order valence-electron chi connectivity index (χ1n) is 7.16. The van der Waals surface area contributed by atoms with Gasteiger partial charge in [0.2, 0.25) is 5.95 Å². The topological polar surface area (TPSA) is 68.1 Å². The maximum Gasteiger partial charge on any atom is 0.453 e. The number of hydrogen-bond donors (Lipinski definition) is 0. The summed E-state index contributed by atoms with van der Waals surface area (Å²) in [7, 11) is -2.12. The first-order chi connectivity index (χ1) is 11.4. The van der Waals surface area contributed by atoms with Crippen molar-refractivity contribution in [1.29, 1.82) is 0 Å². The fraction of sp³-hybridized carbons (Fsp3) is 0.429. The number of nitrogens with zero attached hydrogens (tertiary/aromatic N) is 4. The highest BCUT2D eigenvalue weighted by molar-refractivity contribution is 7.86. The summed E-state index contributed by atoms with van der Waals surface area (Å²) in [5, 5.41) is 3.43. The van der Waals surface area contributed by atoms with E-state index in [0.29, 0.717) is 5.56 Å². The van der Waals surface area contributed by atoms with E-state index in [4.69, 9.17) is 0 Å². The molecule has 0 radical (unpaired) electrons. The van der Waals surface area contributed by atoms with E-state index in [1.165, 1.54) is 25.1 Å². The molecule has 0 spiro atoms. The van der Waals surface area contributed by atoms with Crippen molar-refractivity contribution in [3.8, 4) is 5.69 Å². The highest BCUT2D eigenvalue weighted by Gasteiger charge is 2.38. The molecule has 1 heterocycles. The van der Waals surface area contributed by atoms with Crippen molar-refractivity contribution in [2.75, 3.05) is 19.0 Å². The molecule has 0 aliphatic heterocycles. The molecule has 2 aromatic rings. The fourth-order valence-electron chi connectivity index (χ4n) is 2.34. The summed E-state index contributed by atoms with van der Waals surface area (Å²) in [6.07, 6.45) is -4.53. The highest BCUT2D eigenvalue weighted by Crippen LogP contribution is 2.31. The van der Waals surface area contributed by atoms with Crippen LogP contribution in [-0.2, 0) is 22.8 Å². The number of hydrogen-bond acceptors (Lipinski definition) is 5. The third-order valence-corrected chi connectivity index (χ3v) is 4.40. The molecule has 25 heavy (non-hydrogen) atoms. The smallest absolute Gasteiger partial charge is 0.347 e. The number of aromatic nitrogens is 3. The number of alkyl halides is 3. The molecule has 138 valence electrons. The van der Waals surface area contributed by atoms with E-state index in [1.807, 2.05) is 0 Å². The van der Waals surface area contributed by atoms with Gasteiger partial charge in [-0.15, -0.1) is 8.98 Å². The summed E-state index contributed by atoms with van der Waals surface area (Å²) < 4.78 is 76.0. The molecule has 0 amide bonds. The van der Waals surface area contributed by atoms with E-state index >= 15 is 0 Å². The Morgan fingerprint density at radius 2 is 1.84 bits per heavy atom. The zero-order chi connectivity index (χ0) is 19.2. The second-order valence-electron chi connectivity index (χ2n) is 5.58. The third kappa shape index (κ3) is 3.75. The van der Waals surface area contributed by atoms with Crippen LogP contribution in [-0.4, -0.2) is 37.3 Å². The molecule has 0 atom stereocenters.